The van der Waals surface area contributed by atoms with Gasteiger partial charge in [0.15, 0.2) is 0 Å². The molecule has 2 atom stereocenters. The van der Waals surface area contributed by atoms with Gasteiger partial charge in [-0.25, -0.2) is 0 Å². The maximum atomic E-state index is 11.2. The summed E-state index contributed by atoms with van der Waals surface area (Å²) in [6.45, 7) is 6.24. The molecule has 0 radical (unpaired) electrons. The average Bonchev–Trinajstić information content (AvgIpc) is 2.46. The summed E-state index contributed by atoms with van der Waals surface area (Å²) in [6.07, 6.45) is 1.25. The van der Waals surface area contributed by atoms with E-state index in [1.54, 1.807) is 7.11 Å². The number of anilines is 1. The van der Waals surface area contributed by atoms with Crippen LogP contribution in [-0.2, 0) is 4.79 Å². The molecule has 118 valence electrons. The zero-order chi connectivity index (χ0) is 15.8. The van der Waals surface area contributed by atoms with Crippen molar-refractivity contribution in [1.29, 1.82) is 0 Å². The summed E-state index contributed by atoms with van der Waals surface area (Å²) in [4.78, 5) is 11.2. The molecule has 3 N–H and O–H groups in total. The number of methoxy groups -OCH3 is 1. The summed E-state index contributed by atoms with van der Waals surface area (Å²) in [5.41, 5.74) is 1.73. The molecule has 2 unspecified atom stereocenters. The van der Waals surface area contributed by atoms with Gasteiger partial charge in [-0.3, -0.25) is 4.79 Å². The molecule has 0 bridgehead atoms. The number of carbonyl (C=O) groups is 1. The highest BCUT2D eigenvalue weighted by atomic mass is 16.5. The molecular weight excluding hydrogens is 268 g/mol. The van der Waals surface area contributed by atoms with E-state index < -0.39 is 0 Å². The number of nitrogens with one attached hydrogen (secondary N) is 2. The average molecular weight is 294 g/mol. The number of aliphatic hydroxyl groups excluding tert-OH is 1. The van der Waals surface area contributed by atoms with Crippen molar-refractivity contribution >= 4 is 11.6 Å². The number of carbonyl (C=O) groups excluding carboxylic acids is 1. The predicted molar refractivity (Wildman–Crippen MR) is 84.6 cm³/mol. The zero-order valence-corrected chi connectivity index (χ0v) is 13.3. The Morgan fingerprint density at radius 2 is 2.14 bits per heavy atom. The van der Waals surface area contributed by atoms with Crippen LogP contribution < -0.4 is 15.4 Å². The summed E-state index contributed by atoms with van der Waals surface area (Å²) < 4.78 is 5.24. The minimum atomic E-state index is -0.254. The molecular formula is C16H26N2O3. The second-order valence-corrected chi connectivity index (χ2v) is 5.17. The molecule has 0 aliphatic carbocycles. The van der Waals surface area contributed by atoms with E-state index in [2.05, 4.69) is 17.6 Å². The Kier molecular flexibility index (Phi) is 7.19. The third kappa shape index (κ3) is 5.73. The second-order valence-electron chi connectivity index (χ2n) is 5.17. The van der Waals surface area contributed by atoms with Gasteiger partial charge in [-0.1, -0.05) is 13.0 Å². The Morgan fingerprint density at radius 1 is 1.43 bits per heavy atom. The first-order valence-corrected chi connectivity index (χ1v) is 7.34. The topological polar surface area (TPSA) is 70.6 Å². The van der Waals surface area contributed by atoms with Gasteiger partial charge in [0, 0.05) is 13.0 Å². The van der Waals surface area contributed by atoms with Crippen molar-refractivity contribution in [2.75, 3.05) is 19.0 Å². The minimum absolute atomic E-state index is 0.128. The Labute approximate surface area is 126 Å². The van der Waals surface area contributed by atoms with E-state index >= 15 is 0 Å². The smallest absolute Gasteiger partial charge is 0.221 e. The summed E-state index contributed by atoms with van der Waals surface area (Å²) in [5.74, 6) is 0.514. The summed E-state index contributed by atoms with van der Waals surface area (Å²) in [6, 6.07) is 5.86. The Hall–Kier alpha value is -1.59. The Morgan fingerprint density at radius 3 is 2.71 bits per heavy atom. The first-order chi connectivity index (χ1) is 9.97. The Bertz CT molecular complexity index is 463. The molecule has 1 amide bonds. The molecule has 0 heterocycles. The number of hydrogen-bond acceptors (Lipinski definition) is 4. The molecule has 1 aromatic carbocycles. The first-order valence-electron chi connectivity index (χ1n) is 7.34. The van der Waals surface area contributed by atoms with Crippen LogP contribution in [0.1, 0.15) is 45.2 Å². The largest absolute Gasteiger partial charge is 0.495 e. The Balaban J connectivity index is 2.71. The van der Waals surface area contributed by atoms with Crippen LogP contribution in [0.4, 0.5) is 5.69 Å². The van der Waals surface area contributed by atoms with Crippen LogP contribution in [0.2, 0.25) is 0 Å². The van der Waals surface area contributed by atoms with Crippen LogP contribution >= 0.6 is 0 Å². The van der Waals surface area contributed by atoms with Crippen LogP contribution in [0, 0.1) is 0 Å². The van der Waals surface area contributed by atoms with Crippen molar-refractivity contribution in [3.05, 3.63) is 23.8 Å². The lowest BCUT2D eigenvalue weighted by molar-refractivity contribution is -0.114. The van der Waals surface area contributed by atoms with Crippen LogP contribution in [0.25, 0.3) is 0 Å². The lowest BCUT2D eigenvalue weighted by Crippen LogP contribution is -2.23. The van der Waals surface area contributed by atoms with Gasteiger partial charge >= 0.3 is 0 Å². The van der Waals surface area contributed by atoms with E-state index in [1.165, 1.54) is 6.92 Å². The van der Waals surface area contributed by atoms with Crippen LogP contribution in [0.5, 0.6) is 5.75 Å². The van der Waals surface area contributed by atoms with Gasteiger partial charge in [-0.05, 0) is 44.0 Å². The lowest BCUT2D eigenvalue weighted by atomic mass is 10.1. The monoisotopic (exact) mass is 294 g/mol. The summed E-state index contributed by atoms with van der Waals surface area (Å²) in [5, 5.41) is 15.7. The number of hydrogen-bond donors (Lipinski definition) is 3. The molecule has 0 saturated heterocycles. The van der Waals surface area contributed by atoms with Crippen molar-refractivity contribution in [3.63, 3.8) is 0 Å². The van der Waals surface area contributed by atoms with Crippen molar-refractivity contribution in [2.24, 2.45) is 0 Å². The van der Waals surface area contributed by atoms with Gasteiger partial charge in [0.1, 0.15) is 5.75 Å². The van der Waals surface area contributed by atoms with E-state index in [0.29, 0.717) is 11.4 Å². The number of benzene rings is 1. The number of ether oxygens (including phenoxy) is 1. The van der Waals surface area contributed by atoms with Gasteiger partial charge in [-0.2, -0.15) is 0 Å². The first kappa shape index (κ1) is 17.5. The fourth-order valence-electron chi connectivity index (χ4n) is 2.07. The molecule has 0 aliphatic heterocycles. The number of amides is 1. The van der Waals surface area contributed by atoms with Gasteiger partial charge in [0.2, 0.25) is 5.91 Å². The molecule has 5 nitrogen and oxygen atoms in total. The van der Waals surface area contributed by atoms with Crippen LogP contribution in [-0.4, -0.2) is 30.8 Å². The lowest BCUT2D eigenvalue weighted by Gasteiger charge is -2.18. The number of aliphatic hydroxyl groups is 1. The molecule has 21 heavy (non-hydrogen) atoms. The van der Waals surface area contributed by atoms with Crippen molar-refractivity contribution < 1.29 is 14.6 Å². The summed E-state index contributed by atoms with van der Waals surface area (Å²) >= 11 is 0. The maximum Gasteiger partial charge on any atom is 0.221 e. The third-order valence-corrected chi connectivity index (χ3v) is 3.43. The van der Waals surface area contributed by atoms with E-state index in [9.17, 15) is 9.90 Å². The normalized spacial score (nSPS) is 13.6. The van der Waals surface area contributed by atoms with Gasteiger partial charge in [-0.15, -0.1) is 0 Å². The highest BCUT2D eigenvalue weighted by Gasteiger charge is 2.11. The van der Waals surface area contributed by atoms with E-state index in [0.717, 1.165) is 24.9 Å². The second kappa shape index (κ2) is 8.64. The molecule has 0 aliphatic rings. The van der Waals surface area contributed by atoms with Crippen LogP contribution in [0.3, 0.4) is 0 Å². The van der Waals surface area contributed by atoms with Gasteiger partial charge in [0.25, 0.3) is 0 Å². The highest BCUT2D eigenvalue weighted by molar-refractivity contribution is 5.90. The van der Waals surface area contributed by atoms with Crippen molar-refractivity contribution in [3.8, 4) is 5.75 Å². The molecule has 1 aromatic rings. The van der Waals surface area contributed by atoms with E-state index in [4.69, 9.17) is 4.74 Å². The molecule has 1 rings (SSSR count). The molecule has 0 saturated carbocycles. The quantitative estimate of drug-likeness (QED) is 0.689. The third-order valence-electron chi connectivity index (χ3n) is 3.43. The zero-order valence-electron chi connectivity index (χ0n) is 13.3. The van der Waals surface area contributed by atoms with E-state index in [1.807, 2.05) is 25.1 Å². The molecule has 0 aromatic heterocycles. The van der Waals surface area contributed by atoms with E-state index in [-0.39, 0.29) is 18.1 Å². The molecule has 0 spiro atoms. The minimum Gasteiger partial charge on any atom is -0.495 e. The SMILES string of the molecule is CCC(O)CCNC(C)c1ccc(OC)c(NC(C)=O)c1. The fraction of sp³-hybridized carbons (Fsp3) is 0.562. The predicted octanol–water partition coefficient (Wildman–Crippen LogP) is 2.47. The van der Waals surface area contributed by atoms with Crippen molar-refractivity contribution in [2.45, 2.75) is 45.8 Å². The fourth-order valence-corrected chi connectivity index (χ4v) is 2.07. The van der Waals surface area contributed by atoms with Crippen molar-refractivity contribution in [1.82, 2.24) is 5.32 Å². The molecule has 5 heteroatoms. The molecule has 0 fully saturated rings. The highest BCUT2D eigenvalue weighted by Crippen LogP contribution is 2.28. The standard InChI is InChI=1S/C16H26N2O3/c1-5-14(20)8-9-17-11(2)13-6-7-16(21-4)15(10-13)18-12(3)19/h6-7,10-11,14,17,20H,5,8-9H2,1-4H3,(H,18,19). The summed E-state index contributed by atoms with van der Waals surface area (Å²) in [7, 11) is 1.58. The number of rotatable bonds is 8. The van der Waals surface area contributed by atoms with Gasteiger partial charge in [0.05, 0.1) is 18.9 Å². The maximum absolute atomic E-state index is 11.2. The van der Waals surface area contributed by atoms with Crippen LogP contribution in [0.15, 0.2) is 18.2 Å². The van der Waals surface area contributed by atoms with Gasteiger partial charge < -0.3 is 20.5 Å².